The van der Waals surface area contributed by atoms with Gasteiger partial charge in [-0.1, -0.05) is 0 Å². The largest absolute Gasteiger partial charge is 0.493 e. The number of methoxy groups -OCH3 is 3. The summed E-state index contributed by atoms with van der Waals surface area (Å²) in [6, 6.07) is 7.18. The molecule has 3 rings (SSSR count). The Hall–Kier alpha value is -3.20. The summed E-state index contributed by atoms with van der Waals surface area (Å²) in [5.41, 5.74) is 2.11. The Kier molecular flexibility index (Phi) is 6.38. The van der Waals surface area contributed by atoms with Crippen LogP contribution in [0, 0.1) is 0 Å². The smallest absolute Gasteiger partial charge is 0.270 e. The zero-order valence-electron chi connectivity index (χ0n) is 15.8. The van der Waals surface area contributed by atoms with Crippen LogP contribution in [0.15, 0.2) is 36.0 Å². The van der Waals surface area contributed by atoms with E-state index in [0.717, 1.165) is 16.3 Å². The van der Waals surface area contributed by atoms with Crippen molar-refractivity contribution in [3.63, 3.8) is 0 Å². The van der Waals surface area contributed by atoms with Gasteiger partial charge in [0.15, 0.2) is 11.5 Å². The molecule has 0 spiro atoms. The van der Waals surface area contributed by atoms with E-state index in [1.807, 2.05) is 23.6 Å². The first kappa shape index (κ1) is 19.6. The lowest BCUT2D eigenvalue weighted by molar-refractivity contribution is 0.0948. The van der Waals surface area contributed by atoms with Crippen LogP contribution in [-0.2, 0) is 6.42 Å². The molecule has 0 bridgehead atoms. The Morgan fingerprint density at radius 1 is 1.07 bits per heavy atom. The van der Waals surface area contributed by atoms with Gasteiger partial charge in [-0.15, -0.1) is 11.3 Å². The number of carbonyl (C=O) groups is 1. The van der Waals surface area contributed by atoms with E-state index >= 15 is 0 Å². The normalized spacial score (nSPS) is 10.4. The van der Waals surface area contributed by atoms with Gasteiger partial charge >= 0.3 is 0 Å². The second-order valence-electron chi connectivity index (χ2n) is 5.67. The first-order valence-electron chi connectivity index (χ1n) is 8.45. The van der Waals surface area contributed by atoms with Gasteiger partial charge in [0.05, 0.1) is 27.0 Å². The van der Waals surface area contributed by atoms with Gasteiger partial charge < -0.3 is 19.5 Å². The molecular weight excluding hydrogens is 380 g/mol. The number of hydrogen-bond donors (Lipinski definition) is 1. The number of aromatic nitrogens is 3. The average molecular weight is 400 g/mol. The summed E-state index contributed by atoms with van der Waals surface area (Å²) in [4.78, 5) is 24.6. The molecule has 146 valence electrons. The van der Waals surface area contributed by atoms with Crippen LogP contribution in [0.4, 0.5) is 0 Å². The molecule has 0 unspecified atom stereocenters. The lowest BCUT2D eigenvalue weighted by Gasteiger charge is -2.08. The summed E-state index contributed by atoms with van der Waals surface area (Å²) >= 11 is 1.54. The number of ether oxygens (including phenoxy) is 3. The van der Waals surface area contributed by atoms with E-state index in [1.165, 1.54) is 30.8 Å². The summed E-state index contributed by atoms with van der Waals surface area (Å²) in [6.45, 7) is 0.445. The molecule has 3 aromatic rings. The molecule has 28 heavy (non-hydrogen) atoms. The highest BCUT2D eigenvalue weighted by molar-refractivity contribution is 7.13. The maximum atomic E-state index is 12.2. The summed E-state index contributed by atoms with van der Waals surface area (Å²) in [6.07, 6.45) is 1.90. The van der Waals surface area contributed by atoms with Gasteiger partial charge in [0, 0.05) is 30.0 Å². The number of thiazole rings is 1. The van der Waals surface area contributed by atoms with Crippen LogP contribution in [-0.4, -0.2) is 48.7 Å². The van der Waals surface area contributed by atoms with Crippen molar-refractivity contribution >= 4 is 17.2 Å². The molecule has 9 heteroatoms. The van der Waals surface area contributed by atoms with Gasteiger partial charge in [0.2, 0.25) is 5.88 Å². The van der Waals surface area contributed by atoms with E-state index in [1.54, 1.807) is 14.2 Å². The minimum atomic E-state index is -0.281. The van der Waals surface area contributed by atoms with E-state index in [0.29, 0.717) is 30.3 Å². The van der Waals surface area contributed by atoms with Gasteiger partial charge in [-0.05, 0) is 18.2 Å². The Balaban J connectivity index is 1.60. The van der Waals surface area contributed by atoms with Gasteiger partial charge in [0.25, 0.3) is 5.91 Å². The number of benzene rings is 1. The van der Waals surface area contributed by atoms with Crippen molar-refractivity contribution in [2.75, 3.05) is 27.9 Å². The quantitative estimate of drug-likeness (QED) is 0.621. The highest BCUT2D eigenvalue weighted by Gasteiger charge is 2.11. The third-order valence-corrected chi connectivity index (χ3v) is 4.87. The molecule has 1 amide bonds. The van der Waals surface area contributed by atoms with E-state index in [4.69, 9.17) is 14.2 Å². The lowest BCUT2D eigenvalue weighted by atomic mass is 10.2. The molecule has 0 saturated heterocycles. The van der Waals surface area contributed by atoms with Crippen LogP contribution in [0.1, 0.15) is 16.2 Å². The Morgan fingerprint density at radius 3 is 2.64 bits per heavy atom. The van der Waals surface area contributed by atoms with Gasteiger partial charge in [-0.3, -0.25) is 4.79 Å². The number of nitrogens with one attached hydrogen (secondary N) is 1. The molecule has 0 fully saturated rings. The number of carbonyl (C=O) groups excluding carboxylic acids is 1. The fourth-order valence-electron chi connectivity index (χ4n) is 2.49. The third-order valence-electron chi connectivity index (χ3n) is 3.93. The molecule has 0 atom stereocenters. The minimum Gasteiger partial charge on any atom is -0.493 e. The fourth-order valence-corrected chi connectivity index (χ4v) is 3.34. The monoisotopic (exact) mass is 400 g/mol. The predicted molar refractivity (Wildman–Crippen MR) is 105 cm³/mol. The molecule has 1 aromatic carbocycles. The van der Waals surface area contributed by atoms with Gasteiger partial charge in [-0.2, -0.15) is 0 Å². The van der Waals surface area contributed by atoms with Crippen molar-refractivity contribution in [1.29, 1.82) is 0 Å². The standard InChI is InChI=1S/C19H20N4O4S/c1-25-15-5-4-12(8-16(15)26-2)19-23-13(10-28-19)6-7-20-18(24)14-9-17(27-3)22-11-21-14/h4-5,8-11H,6-7H2,1-3H3,(H,20,24). The minimum absolute atomic E-state index is 0.260. The summed E-state index contributed by atoms with van der Waals surface area (Å²) in [5.74, 6) is 1.40. The SMILES string of the molecule is COc1cc(C(=O)NCCc2csc(-c3ccc(OC)c(OC)c3)n2)ncn1. The fraction of sp³-hybridized carbons (Fsp3) is 0.263. The maximum Gasteiger partial charge on any atom is 0.270 e. The summed E-state index contributed by atoms with van der Waals surface area (Å²) < 4.78 is 15.6. The second-order valence-corrected chi connectivity index (χ2v) is 6.52. The Bertz CT molecular complexity index is 961. The molecule has 1 N–H and O–H groups in total. The lowest BCUT2D eigenvalue weighted by Crippen LogP contribution is -2.26. The number of nitrogens with zero attached hydrogens (tertiary/aromatic N) is 3. The Labute approximate surface area is 166 Å². The van der Waals surface area contributed by atoms with E-state index in [-0.39, 0.29) is 11.6 Å². The molecule has 2 heterocycles. The van der Waals surface area contributed by atoms with Crippen molar-refractivity contribution in [2.45, 2.75) is 6.42 Å². The number of amides is 1. The molecule has 0 saturated carbocycles. The Morgan fingerprint density at radius 2 is 1.89 bits per heavy atom. The number of hydrogen-bond acceptors (Lipinski definition) is 8. The first-order valence-corrected chi connectivity index (χ1v) is 9.33. The van der Waals surface area contributed by atoms with Crippen LogP contribution >= 0.6 is 11.3 Å². The van der Waals surface area contributed by atoms with Crippen molar-refractivity contribution in [2.24, 2.45) is 0 Å². The highest BCUT2D eigenvalue weighted by Crippen LogP contribution is 2.33. The zero-order chi connectivity index (χ0) is 19.9. The first-order chi connectivity index (χ1) is 13.6. The van der Waals surface area contributed by atoms with E-state index < -0.39 is 0 Å². The molecule has 0 radical (unpaired) electrons. The number of rotatable bonds is 8. The topological polar surface area (TPSA) is 95.5 Å². The van der Waals surface area contributed by atoms with Crippen molar-refractivity contribution in [1.82, 2.24) is 20.3 Å². The molecular formula is C19H20N4O4S. The van der Waals surface area contributed by atoms with Crippen LogP contribution in [0.2, 0.25) is 0 Å². The maximum absolute atomic E-state index is 12.2. The van der Waals surface area contributed by atoms with Crippen LogP contribution in [0.5, 0.6) is 17.4 Å². The van der Waals surface area contributed by atoms with Gasteiger partial charge in [-0.25, -0.2) is 15.0 Å². The average Bonchev–Trinajstić information content (AvgIpc) is 3.22. The predicted octanol–water partition coefficient (Wildman–Crippen LogP) is 2.60. The third kappa shape index (κ3) is 4.55. The van der Waals surface area contributed by atoms with E-state index in [2.05, 4.69) is 20.3 Å². The summed E-state index contributed by atoms with van der Waals surface area (Å²) in [5, 5.41) is 5.68. The molecule has 2 aromatic heterocycles. The van der Waals surface area contributed by atoms with Crippen molar-refractivity contribution in [3.05, 3.63) is 47.4 Å². The van der Waals surface area contributed by atoms with Crippen molar-refractivity contribution in [3.8, 4) is 28.0 Å². The highest BCUT2D eigenvalue weighted by atomic mass is 32.1. The molecule has 8 nitrogen and oxygen atoms in total. The van der Waals surface area contributed by atoms with Crippen molar-refractivity contribution < 1.29 is 19.0 Å². The molecule has 0 aliphatic rings. The van der Waals surface area contributed by atoms with Crippen LogP contribution in [0.3, 0.4) is 0 Å². The van der Waals surface area contributed by atoms with E-state index in [9.17, 15) is 4.79 Å². The summed E-state index contributed by atoms with van der Waals surface area (Å²) in [7, 11) is 4.69. The van der Waals surface area contributed by atoms with Crippen LogP contribution in [0.25, 0.3) is 10.6 Å². The molecule has 0 aliphatic heterocycles. The second kappa shape index (κ2) is 9.14. The molecule has 0 aliphatic carbocycles. The van der Waals surface area contributed by atoms with Crippen LogP contribution < -0.4 is 19.5 Å². The zero-order valence-corrected chi connectivity index (χ0v) is 16.6. The van der Waals surface area contributed by atoms with Gasteiger partial charge in [0.1, 0.15) is 17.0 Å².